The van der Waals surface area contributed by atoms with Crippen molar-refractivity contribution in [2.75, 3.05) is 12.3 Å². The number of phosphoric acid groups is 3. The van der Waals surface area contributed by atoms with Gasteiger partial charge in [-0.2, -0.15) is 13.6 Å². The lowest BCUT2D eigenvalue weighted by Gasteiger charge is -2.29. The van der Waals surface area contributed by atoms with E-state index in [2.05, 4.69) is 18.1 Å². The van der Waals surface area contributed by atoms with E-state index in [0.29, 0.717) is 10.8 Å². The Hall–Kier alpha value is -1.12. The summed E-state index contributed by atoms with van der Waals surface area (Å²) in [5, 5.41) is 20.1. The first-order valence-corrected chi connectivity index (χ1v) is 12.7. The zero-order valence-electron chi connectivity index (χ0n) is 15.2. The van der Waals surface area contributed by atoms with Crippen molar-refractivity contribution >= 4 is 41.5 Å². The number of phosphoric ester groups is 1. The quantitative estimate of drug-likeness (QED) is 0.124. The number of hydrogen-bond acceptors (Lipinski definition) is 12. The first-order chi connectivity index (χ1) is 14.5. The highest BCUT2D eigenvalue weighted by molar-refractivity contribution is 7.71. The second-order valence-corrected chi connectivity index (χ2v) is 10.7. The van der Waals surface area contributed by atoms with Gasteiger partial charge in [0, 0.05) is 6.20 Å². The molecule has 0 radical (unpaired) electrons. The Labute approximate surface area is 182 Å². The first-order valence-electron chi connectivity index (χ1n) is 7.79. The Bertz CT molecular complexity index is 1140. The number of nitrogens with zero attached hydrogens (tertiary/aromatic N) is 2. The molecule has 0 spiro atoms. The summed E-state index contributed by atoms with van der Waals surface area (Å²) < 4.78 is 65.4. The van der Waals surface area contributed by atoms with Crippen molar-refractivity contribution < 1.29 is 65.8 Å². The van der Waals surface area contributed by atoms with E-state index < -0.39 is 70.5 Å². The van der Waals surface area contributed by atoms with Crippen molar-refractivity contribution in [1.82, 2.24) is 9.55 Å². The molecule has 180 valence electrons. The lowest BCUT2D eigenvalue weighted by molar-refractivity contribution is -0.177. The number of ether oxygens (including phenoxy) is 1. The summed E-state index contributed by atoms with van der Waals surface area (Å²) in [5.41, 5.74) is 5.27. The molecule has 1 aromatic heterocycles. The van der Waals surface area contributed by atoms with Gasteiger partial charge < -0.3 is 40.3 Å². The average molecular weight is 541 g/mol. The second-order valence-electron chi connectivity index (χ2n) is 5.95. The van der Waals surface area contributed by atoms with Crippen molar-refractivity contribution in [2.24, 2.45) is 5.92 Å². The van der Waals surface area contributed by atoms with Crippen molar-refractivity contribution in [3.63, 3.8) is 0 Å². The Kier molecular flexibility index (Phi) is 7.85. The molecule has 8 N–H and O–H groups in total. The minimum atomic E-state index is -5.92. The summed E-state index contributed by atoms with van der Waals surface area (Å²) in [6.07, 6.45) is 2.21. The van der Waals surface area contributed by atoms with Gasteiger partial charge in [0.25, 0.3) is 5.79 Å². The van der Waals surface area contributed by atoms with Crippen molar-refractivity contribution in [3.8, 4) is 12.3 Å². The molecule has 0 aromatic carbocycles. The van der Waals surface area contributed by atoms with Crippen LogP contribution in [0.25, 0.3) is 0 Å². The van der Waals surface area contributed by atoms with Gasteiger partial charge in [0.1, 0.15) is 6.10 Å². The van der Waals surface area contributed by atoms with Crippen LogP contribution in [0.5, 0.6) is 0 Å². The molecule has 32 heavy (non-hydrogen) atoms. The monoisotopic (exact) mass is 541 g/mol. The first kappa shape index (κ1) is 27.1. The number of aliphatic hydroxyl groups excluding tert-OH is 2. The normalized spacial score (nSPS) is 29.8. The van der Waals surface area contributed by atoms with Crippen LogP contribution in [0, 0.1) is 28.8 Å². The molecule has 3 unspecified atom stereocenters. The van der Waals surface area contributed by atoms with E-state index in [4.69, 9.17) is 38.9 Å². The van der Waals surface area contributed by atoms with Gasteiger partial charge in [-0.15, -0.1) is 6.42 Å². The number of nitrogens with two attached hydrogens (primary N) is 1. The molecule has 2 rings (SSSR count). The van der Waals surface area contributed by atoms with Gasteiger partial charge in [-0.25, -0.2) is 22.6 Å². The van der Waals surface area contributed by atoms with Crippen LogP contribution in [-0.4, -0.2) is 57.8 Å². The SMILES string of the molecule is C#C[C@]1(OP(=O)(O)OP(=O)(O)OP(=O)(O)O)O[C@@H](n2cc(F)c(N)nc2=S)[C@@H](O)C1CO. The summed E-state index contributed by atoms with van der Waals surface area (Å²) in [6, 6.07) is 0. The Morgan fingerprint density at radius 2 is 1.91 bits per heavy atom. The highest BCUT2D eigenvalue weighted by Gasteiger charge is 2.60. The number of aliphatic hydroxyl groups is 2. The van der Waals surface area contributed by atoms with E-state index in [1.54, 1.807) is 5.92 Å². The minimum Gasteiger partial charge on any atom is -0.396 e. The molecular formula is C11H15FN3O13P3S. The largest absolute Gasteiger partial charge is 0.490 e. The fourth-order valence-corrected chi connectivity index (χ4v) is 6.04. The number of halogens is 1. The molecular weight excluding hydrogens is 526 g/mol. The molecule has 2 heterocycles. The molecule has 1 aliphatic heterocycles. The van der Waals surface area contributed by atoms with E-state index in [0.717, 1.165) is 0 Å². The van der Waals surface area contributed by atoms with E-state index in [1.165, 1.54) is 0 Å². The second kappa shape index (κ2) is 9.26. The van der Waals surface area contributed by atoms with E-state index in [1.807, 2.05) is 0 Å². The highest BCUT2D eigenvalue weighted by Crippen LogP contribution is 2.68. The minimum absolute atomic E-state index is 0.448. The summed E-state index contributed by atoms with van der Waals surface area (Å²) in [7, 11) is -17.5. The van der Waals surface area contributed by atoms with Gasteiger partial charge in [0.05, 0.1) is 12.5 Å². The zero-order chi connectivity index (χ0) is 24.7. The van der Waals surface area contributed by atoms with Crippen molar-refractivity contribution in [2.45, 2.75) is 18.1 Å². The van der Waals surface area contributed by atoms with Gasteiger partial charge in [0.15, 0.2) is 17.9 Å². The number of terminal acetylenes is 1. The molecule has 0 aliphatic carbocycles. The smallest absolute Gasteiger partial charge is 0.396 e. The Morgan fingerprint density at radius 1 is 1.31 bits per heavy atom. The third-order valence-electron chi connectivity index (χ3n) is 3.76. The van der Waals surface area contributed by atoms with Crippen LogP contribution in [0.4, 0.5) is 10.2 Å². The molecule has 1 saturated heterocycles. The van der Waals surface area contributed by atoms with Gasteiger partial charge in [-0.3, -0.25) is 4.57 Å². The zero-order valence-corrected chi connectivity index (χ0v) is 18.7. The number of nitrogen functional groups attached to an aromatic ring is 1. The number of aromatic nitrogens is 2. The van der Waals surface area contributed by atoms with Crippen LogP contribution in [0.3, 0.4) is 0 Å². The average Bonchev–Trinajstić information content (AvgIpc) is 2.86. The van der Waals surface area contributed by atoms with Crippen LogP contribution < -0.4 is 5.73 Å². The van der Waals surface area contributed by atoms with Crippen molar-refractivity contribution in [3.05, 3.63) is 16.8 Å². The maximum atomic E-state index is 13.8. The highest BCUT2D eigenvalue weighted by atomic mass is 32.1. The summed E-state index contributed by atoms with van der Waals surface area (Å²) >= 11 is 4.88. The molecule has 6 atom stereocenters. The number of hydrogen-bond donors (Lipinski definition) is 7. The van der Waals surface area contributed by atoms with Crippen LogP contribution in [0.15, 0.2) is 6.20 Å². The van der Waals surface area contributed by atoms with Crippen LogP contribution in [0.1, 0.15) is 6.23 Å². The van der Waals surface area contributed by atoms with Crippen LogP contribution in [0.2, 0.25) is 0 Å². The summed E-state index contributed by atoms with van der Waals surface area (Å²) in [5.74, 6) is -4.65. The predicted molar refractivity (Wildman–Crippen MR) is 101 cm³/mol. The summed E-state index contributed by atoms with van der Waals surface area (Å²) in [4.78, 5) is 39.6. The molecule has 1 fully saturated rings. The summed E-state index contributed by atoms with van der Waals surface area (Å²) in [6.45, 7) is -1.09. The predicted octanol–water partition coefficient (Wildman–Crippen LogP) is -0.495. The molecule has 0 bridgehead atoms. The van der Waals surface area contributed by atoms with Gasteiger partial charge >= 0.3 is 23.5 Å². The molecule has 1 aromatic rings. The van der Waals surface area contributed by atoms with Gasteiger partial charge in [0.2, 0.25) is 4.77 Å². The fourth-order valence-electron chi connectivity index (χ4n) is 2.57. The van der Waals surface area contributed by atoms with Gasteiger partial charge in [-0.1, -0.05) is 0 Å². The molecule has 0 amide bonds. The third-order valence-corrected chi connectivity index (χ3v) is 7.89. The lowest BCUT2D eigenvalue weighted by Crippen LogP contribution is -2.41. The number of anilines is 1. The molecule has 1 aliphatic rings. The van der Waals surface area contributed by atoms with E-state index >= 15 is 0 Å². The van der Waals surface area contributed by atoms with Gasteiger partial charge in [-0.05, 0) is 18.1 Å². The standard InChI is InChI=1S/C11H15FN3O13P3S/c1-2-11(26-30(21,22)28-31(23,24)27-29(18,19)20)5(4-16)7(17)9(25-11)15-3-6(12)8(13)14-10(15)32/h1,3,5,7,9,16-17H,4H2,(H,21,22)(H,23,24)(H2,13,14,32)(H2,18,19,20)/t5?,7-,9+,11+/m0/s1. The Morgan fingerprint density at radius 3 is 2.41 bits per heavy atom. The molecule has 16 nitrogen and oxygen atoms in total. The van der Waals surface area contributed by atoms with E-state index in [9.17, 15) is 38.1 Å². The Balaban J connectivity index is 2.43. The maximum Gasteiger partial charge on any atom is 0.490 e. The fraction of sp³-hybridized carbons (Fsp3) is 0.455. The van der Waals surface area contributed by atoms with E-state index in [-0.39, 0.29) is 0 Å². The van der Waals surface area contributed by atoms with Crippen molar-refractivity contribution in [1.29, 1.82) is 0 Å². The number of rotatable bonds is 8. The third kappa shape index (κ3) is 6.06. The molecule has 0 saturated carbocycles. The molecule has 21 heteroatoms. The van der Waals surface area contributed by atoms with Crippen LogP contribution >= 0.6 is 35.7 Å². The lowest BCUT2D eigenvalue weighted by atomic mass is 9.96. The topological polar surface area (TPSA) is 253 Å². The van der Waals surface area contributed by atoms with Crippen LogP contribution in [-0.2, 0) is 31.6 Å². The maximum absolute atomic E-state index is 13.8.